The molecule has 2 aromatic heterocycles. The van der Waals surface area contributed by atoms with E-state index in [0.29, 0.717) is 17.0 Å². The van der Waals surface area contributed by atoms with Crippen LogP contribution in [0.25, 0.3) is 11.2 Å². The van der Waals surface area contributed by atoms with Gasteiger partial charge in [0.05, 0.1) is 25.4 Å². The molecule has 8 heteroatoms. The standard InChI is InChI=1S/C9H8ClN5O2/c10-9-13-7-6(11-3-12-7)8(14-9)15-2-4(16)1-5(15)17/h3-4,16H,1-2H2,(H,11,12,13,14). The van der Waals surface area contributed by atoms with Gasteiger partial charge in [0.25, 0.3) is 0 Å². The molecule has 1 unspecified atom stereocenters. The number of rotatable bonds is 1. The van der Waals surface area contributed by atoms with Crippen LogP contribution in [0, 0.1) is 0 Å². The third-order valence-corrected chi connectivity index (χ3v) is 2.77. The van der Waals surface area contributed by atoms with E-state index < -0.39 is 6.10 Å². The summed E-state index contributed by atoms with van der Waals surface area (Å²) in [4.78, 5) is 27.8. The molecule has 2 aromatic rings. The van der Waals surface area contributed by atoms with E-state index in [4.69, 9.17) is 11.6 Å². The van der Waals surface area contributed by atoms with Gasteiger partial charge in [0.2, 0.25) is 11.2 Å². The van der Waals surface area contributed by atoms with Gasteiger partial charge in [-0.3, -0.25) is 9.69 Å². The second kappa shape index (κ2) is 3.64. The number of nitrogens with zero attached hydrogens (tertiary/aromatic N) is 4. The van der Waals surface area contributed by atoms with E-state index in [1.165, 1.54) is 11.2 Å². The number of halogens is 1. The van der Waals surface area contributed by atoms with E-state index in [-0.39, 0.29) is 24.2 Å². The summed E-state index contributed by atoms with van der Waals surface area (Å²) < 4.78 is 0. The van der Waals surface area contributed by atoms with E-state index in [0.717, 1.165) is 0 Å². The lowest BCUT2D eigenvalue weighted by Gasteiger charge is -2.14. The predicted octanol–water partition coefficient (Wildman–Crippen LogP) is 0.104. The number of nitrogens with one attached hydrogen (secondary N) is 1. The van der Waals surface area contributed by atoms with Gasteiger partial charge >= 0.3 is 0 Å². The number of aromatic amines is 1. The smallest absolute Gasteiger partial charge is 0.230 e. The average Bonchev–Trinajstić information content (AvgIpc) is 2.83. The van der Waals surface area contributed by atoms with Crippen LogP contribution in [-0.2, 0) is 4.79 Å². The quantitative estimate of drug-likeness (QED) is 0.703. The van der Waals surface area contributed by atoms with E-state index in [1.54, 1.807) is 0 Å². The first kappa shape index (κ1) is 10.4. The molecule has 1 aliphatic rings. The van der Waals surface area contributed by atoms with Gasteiger partial charge < -0.3 is 10.1 Å². The van der Waals surface area contributed by atoms with Crippen molar-refractivity contribution in [2.75, 3.05) is 11.4 Å². The van der Waals surface area contributed by atoms with Crippen molar-refractivity contribution < 1.29 is 9.90 Å². The number of carbonyl (C=O) groups is 1. The molecule has 0 aromatic carbocycles. The van der Waals surface area contributed by atoms with E-state index in [9.17, 15) is 9.90 Å². The SMILES string of the molecule is O=C1CC(O)CN1c1nc(Cl)nc2nc[nH]c12. The van der Waals surface area contributed by atoms with Crippen molar-refractivity contribution >= 4 is 34.5 Å². The van der Waals surface area contributed by atoms with Crippen LogP contribution in [0.3, 0.4) is 0 Å². The van der Waals surface area contributed by atoms with Gasteiger partial charge in [-0.25, -0.2) is 4.98 Å². The van der Waals surface area contributed by atoms with Crippen molar-refractivity contribution in [3.63, 3.8) is 0 Å². The Labute approximate surface area is 100 Å². The molecule has 3 rings (SSSR count). The van der Waals surface area contributed by atoms with E-state index in [2.05, 4.69) is 19.9 Å². The van der Waals surface area contributed by atoms with E-state index in [1.807, 2.05) is 0 Å². The number of β-amino-alcohol motifs (C(OH)–C–C–N with tert-alkyl or cyclic N) is 1. The normalized spacial score (nSPS) is 20.5. The highest BCUT2D eigenvalue weighted by Crippen LogP contribution is 2.26. The van der Waals surface area contributed by atoms with Gasteiger partial charge in [-0.15, -0.1) is 0 Å². The number of H-pyrrole nitrogens is 1. The molecule has 2 N–H and O–H groups in total. The highest BCUT2D eigenvalue weighted by Gasteiger charge is 2.31. The molecule has 7 nitrogen and oxygen atoms in total. The summed E-state index contributed by atoms with van der Waals surface area (Å²) in [5.41, 5.74) is 0.936. The third-order valence-electron chi connectivity index (χ3n) is 2.60. The number of imidazole rings is 1. The summed E-state index contributed by atoms with van der Waals surface area (Å²) in [5, 5.41) is 9.48. The lowest BCUT2D eigenvalue weighted by atomic mass is 10.3. The zero-order chi connectivity index (χ0) is 12.0. The Kier molecular flexibility index (Phi) is 2.23. The van der Waals surface area contributed by atoms with Gasteiger partial charge in [-0.2, -0.15) is 9.97 Å². The van der Waals surface area contributed by atoms with Crippen LogP contribution >= 0.6 is 11.6 Å². The maximum Gasteiger partial charge on any atom is 0.230 e. The average molecular weight is 254 g/mol. The second-order valence-electron chi connectivity index (χ2n) is 3.78. The van der Waals surface area contributed by atoms with Crippen molar-refractivity contribution in [1.29, 1.82) is 0 Å². The molecule has 1 fully saturated rings. The van der Waals surface area contributed by atoms with Gasteiger partial charge in [0.15, 0.2) is 11.5 Å². The zero-order valence-corrected chi connectivity index (χ0v) is 9.35. The van der Waals surface area contributed by atoms with Crippen LogP contribution in [0.2, 0.25) is 5.28 Å². The minimum absolute atomic E-state index is 0.0220. The first-order valence-corrected chi connectivity index (χ1v) is 5.38. The molecule has 0 aliphatic carbocycles. The molecule has 3 heterocycles. The highest BCUT2D eigenvalue weighted by molar-refractivity contribution is 6.28. The molecule has 0 spiro atoms. The van der Waals surface area contributed by atoms with Crippen molar-refractivity contribution in [3.05, 3.63) is 11.6 Å². The fraction of sp³-hybridized carbons (Fsp3) is 0.333. The van der Waals surface area contributed by atoms with Crippen LogP contribution in [-0.4, -0.2) is 43.6 Å². The molecular formula is C9H8ClN5O2. The topological polar surface area (TPSA) is 95.0 Å². The number of fused-ring (bicyclic) bond motifs is 1. The lowest BCUT2D eigenvalue weighted by molar-refractivity contribution is -0.117. The Morgan fingerprint density at radius 3 is 3.06 bits per heavy atom. The number of amides is 1. The zero-order valence-electron chi connectivity index (χ0n) is 8.59. The fourth-order valence-corrected chi connectivity index (χ4v) is 2.04. The van der Waals surface area contributed by atoms with Gasteiger partial charge in [-0.1, -0.05) is 0 Å². The summed E-state index contributed by atoms with van der Waals surface area (Å²) in [6, 6.07) is 0. The van der Waals surface area contributed by atoms with Gasteiger partial charge in [0.1, 0.15) is 5.52 Å². The Morgan fingerprint density at radius 2 is 2.35 bits per heavy atom. The second-order valence-corrected chi connectivity index (χ2v) is 4.12. The molecule has 17 heavy (non-hydrogen) atoms. The maximum absolute atomic E-state index is 11.7. The molecule has 1 saturated heterocycles. The van der Waals surface area contributed by atoms with Gasteiger partial charge in [-0.05, 0) is 11.6 Å². The Morgan fingerprint density at radius 1 is 1.53 bits per heavy atom. The van der Waals surface area contributed by atoms with Crippen LogP contribution in [0.5, 0.6) is 0 Å². The first-order chi connectivity index (χ1) is 8.15. The molecular weight excluding hydrogens is 246 g/mol. The lowest BCUT2D eigenvalue weighted by Crippen LogP contribution is -2.26. The minimum atomic E-state index is -0.672. The van der Waals surface area contributed by atoms with Crippen LogP contribution in [0.4, 0.5) is 5.82 Å². The number of hydrogen-bond donors (Lipinski definition) is 2. The van der Waals surface area contributed by atoms with Crippen LogP contribution < -0.4 is 4.90 Å². The number of anilines is 1. The third kappa shape index (κ3) is 1.63. The number of aliphatic hydroxyl groups excluding tert-OH is 1. The molecule has 0 saturated carbocycles. The van der Waals surface area contributed by atoms with Crippen molar-refractivity contribution in [2.24, 2.45) is 0 Å². The van der Waals surface area contributed by atoms with Gasteiger partial charge in [0, 0.05) is 0 Å². The van der Waals surface area contributed by atoms with Crippen molar-refractivity contribution in [3.8, 4) is 0 Å². The summed E-state index contributed by atoms with van der Waals surface area (Å²) >= 11 is 5.77. The van der Waals surface area contributed by atoms with Crippen molar-refractivity contribution in [2.45, 2.75) is 12.5 Å². The number of hydrogen-bond acceptors (Lipinski definition) is 5. The molecule has 1 aliphatic heterocycles. The molecule has 1 atom stereocenters. The summed E-state index contributed by atoms with van der Waals surface area (Å²) in [6.07, 6.45) is 0.877. The minimum Gasteiger partial charge on any atom is -0.391 e. The Balaban J connectivity index is 2.16. The molecule has 1 amide bonds. The summed E-state index contributed by atoms with van der Waals surface area (Å²) in [6.45, 7) is 0.209. The predicted molar refractivity (Wildman–Crippen MR) is 59.7 cm³/mol. The Bertz CT molecular complexity index is 598. The first-order valence-electron chi connectivity index (χ1n) is 5.00. The number of aromatic nitrogens is 4. The van der Waals surface area contributed by atoms with E-state index >= 15 is 0 Å². The largest absolute Gasteiger partial charge is 0.391 e. The summed E-state index contributed by atoms with van der Waals surface area (Å²) in [7, 11) is 0. The number of carbonyl (C=O) groups excluding carboxylic acids is 1. The molecule has 0 bridgehead atoms. The maximum atomic E-state index is 11.7. The fourth-order valence-electron chi connectivity index (χ4n) is 1.88. The highest BCUT2D eigenvalue weighted by atomic mass is 35.5. The Hall–Kier alpha value is -1.73. The molecule has 88 valence electrons. The van der Waals surface area contributed by atoms with Crippen LogP contribution in [0.15, 0.2) is 6.33 Å². The monoisotopic (exact) mass is 253 g/mol. The molecule has 0 radical (unpaired) electrons. The van der Waals surface area contributed by atoms with Crippen LogP contribution in [0.1, 0.15) is 6.42 Å². The van der Waals surface area contributed by atoms with Crippen molar-refractivity contribution in [1.82, 2.24) is 19.9 Å². The number of aliphatic hydroxyl groups is 1. The summed E-state index contributed by atoms with van der Waals surface area (Å²) in [5.74, 6) is 0.169.